The van der Waals surface area contributed by atoms with E-state index in [1.165, 1.54) is 11.3 Å². The molecule has 2 aliphatic rings. The molecule has 0 aromatic carbocycles. The lowest BCUT2D eigenvalue weighted by atomic mass is 9.84. The van der Waals surface area contributed by atoms with Crippen LogP contribution in [-0.2, 0) is 42.6 Å². The molecule has 0 unspecified atom stereocenters. The number of nitrogens with zero attached hydrogens (tertiary/aromatic N) is 4. The lowest BCUT2D eigenvalue weighted by molar-refractivity contribution is -0.330. The number of hydrogen-bond acceptors (Lipinski definition) is 6. The highest BCUT2D eigenvalue weighted by atomic mass is 32.1. The minimum atomic E-state index is -4.63. The van der Waals surface area contributed by atoms with Gasteiger partial charge in [-0.1, -0.05) is 0 Å². The van der Waals surface area contributed by atoms with E-state index in [1.807, 2.05) is 13.2 Å². The predicted molar refractivity (Wildman–Crippen MR) is 117 cm³/mol. The first kappa shape index (κ1) is 24.2. The first-order chi connectivity index (χ1) is 15.7. The number of alkyl halides is 3. The summed E-state index contributed by atoms with van der Waals surface area (Å²) < 4.78 is 42.4. The first-order valence-electron chi connectivity index (χ1n) is 11.4. The largest absolute Gasteiger partial charge is 0.522 e. The third-order valence-electron chi connectivity index (χ3n) is 6.40. The number of fused-ring (bicyclic) bond motifs is 1. The monoisotopic (exact) mass is 485 g/mol. The predicted octanol–water partition coefficient (Wildman–Crippen LogP) is 3.58. The second kappa shape index (κ2) is 10.5. The SMILES string of the molecule is Cn1cc(CC(=O)NC2CCC(CCN3CCc4sc(COC(F)(F)F)nc4C3)CC2)cn1. The van der Waals surface area contributed by atoms with Gasteiger partial charge in [-0.3, -0.25) is 19.1 Å². The van der Waals surface area contributed by atoms with Crippen LogP contribution in [0.15, 0.2) is 12.4 Å². The lowest BCUT2D eigenvalue weighted by Crippen LogP contribution is -2.39. The van der Waals surface area contributed by atoms with Crippen LogP contribution in [0.25, 0.3) is 0 Å². The molecule has 0 saturated heterocycles. The van der Waals surface area contributed by atoms with E-state index in [9.17, 15) is 18.0 Å². The van der Waals surface area contributed by atoms with E-state index in [2.05, 4.69) is 25.0 Å². The summed E-state index contributed by atoms with van der Waals surface area (Å²) in [4.78, 5) is 20.1. The molecule has 2 aromatic rings. The average molecular weight is 486 g/mol. The number of hydrogen-bond donors (Lipinski definition) is 1. The second-order valence-corrected chi connectivity index (χ2v) is 10.2. The molecule has 1 fully saturated rings. The second-order valence-electron chi connectivity index (χ2n) is 9.01. The Morgan fingerprint density at radius 2 is 2.09 bits per heavy atom. The van der Waals surface area contributed by atoms with Crippen LogP contribution in [-0.4, -0.2) is 51.1 Å². The van der Waals surface area contributed by atoms with Gasteiger partial charge in [-0.2, -0.15) is 5.10 Å². The Kier molecular flexibility index (Phi) is 7.70. The number of aromatic nitrogens is 3. The highest BCUT2D eigenvalue weighted by molar-refractivity contribution is 7.11. The van der Waals surface area contributed by atoms with Gasteiger partial charge in [0.05, 0.1) is 18.3 Å². The molecule has 33 heavy (non-hydrogen) atoms. The number of amides is 1. The molecule has 7 nitrogen and oxygen atoms in total. The fourth-order valence-electron chi connectivity index (χ4n) is 4.69. The van der Waals surface area contributed by atoms with Crippen LogP contribution < -0.4 is 5.32 Å². The quantitative estimate of drug-likeness (QED) is 0.619. The maximum atomic E-state index is 12.3. The van der Waals surface area contributed by atoms with Gasteiger partial charge in [-0.05, 0) is 56.6 Å². The number of aryl methyl sites for hydroxylation is 1. The Balaban J connectivity index is 1.15. The first-order valence-corrected chi connectivity index (χ1v) is 12.2. The van der Waals surface area contributed by atoms with Crippen LogP contribution >= 0.6 is 11.3 Å². The van der Waals surface area contributed by atoms with Gasteiger partial charge < -0.3 is 5.32 Å². The molecule has 1 amide bonds. The van der Waals surface area contributed by atoms with Crippen LogP contribution in [0.4, 0.5) is 13.2 Å². The summed E-state index contributed by atoms with van der Waals surface area (Å²) in [5, 5.41) is 7.65. The van der Waals surface area contributed by atoms with Gasteiger partial charge in [0.2, 0.25) is 5.91 Å². The summed E-state index contributed by atoms with van der Waals surface area (Å²) >= 11 is 1.33. The minimum absolute atomic E-state index is 0.0545. The highest BCUT2D eigenvalue weighted by Gasteiger charge is 2.30. The summed E-state index contributed by atoms with van der Waals surface area (Å²) in [5.41, 5.74) is 1.82. The smallest absolute Gasteiger partial charge is 0.353 e. The van der Waals surface area contributed by atoms with Crippen LogP contribution in [0.5, 0.6) is 0 Å². The van der Waals surface area contributed by atoms with E-state index in [0.29, 0.717) is 23.9 Å². The van der Waals surface area contributed by atoms with Gasteiger partial charge >= 0.3 is 6.36 Å². The normalized spacial score (nSPS) is 21.7. The van der Waals surface area contributed by atoms with Gasteiger partial charge in [-0.25, -0.2) is 4.98 Å². The van der Waals surface area contributed by atoms with Crippen molar-refractivity contribution in [3.63, 3.8) is 0 Å². The highest BCUT2D eigenvalue weighted by Crippen LogP contribution is 2.30. The van der Waals surface area contributed by atoms with Crippen molar-refractivity contribution < 1.29 is 22.7 Å². The summed E-state index contributed by atoms with van der Waals surface area (Å²) in [6.07, 6.45) is 5.47. The molecule has 4 rings (SSSR count). The van der Waals surface area contributed by atoms with Gasteiger partial charge in [0, 0.05) is 37.3 Å². The summed E-state index contributed by atoms with van der Waals surface area (Å²) in [5.74, 6) is 0.697. The molecular formula is C22H30F3N5O2S. The van der Waals surface area contributed by atoms with Crippen molar-refractivity contribution in [3.05, 3.63) is 33.5 Å². The summed E-state index contributed by atoms with van der Waals surface area (Å²) in [6, 6.07) is 0.246. The molecule has 1 saturated carbocycles. The molecule has 1 aliphatic carbocycles. The fourth-order valence-corrected chi connectivity index (χ4v) is 5.67. The third kappa shape index (κ3) is 7.25. The van der Waals surface area contributed by atoms with Crippen molar-refractivity contribution in [2.75, 3.05) is 13.1 Å². The lowest BCUT2D eigenvalue weighted by Gasteiger charge is -2.32. The Morgan fingerprint density at radius 3 is 2.79 bits per heavy atom. The Morgan fingerprint density at radius 1 is 1.30 bits per heavy atom. The van der Waals surface area contributed by atoms with Crippen LogP contribution in [0, 0.1) is 5.92 Å². The zero-order valence-electron chi connectivity index (χ0n) is 18.7. The zero-order chi connectivity index (χ0) is 23.4. The van der Waals surface area contributed by atoms with E-state index in [0.717, 1.165) is 67.7 Å². The molecule has 0 radical (unpaired) electrons. The number of nitrogens with one attached hydrogen (secondary N) is 1. The number of thiazole rings is 1. The third-order valence-corrected chi connectivity index (χ3v) is 7.53. The Bertz CT molecular complexity index is 937. The van der Waals surface area contributed by atoms with Gasteiger partial charge in [0.15, 0.2) is 0 Å². The van der Waals surface area contributed by atoms with Crippen LogP contribution in [0.2, 0.25) is 0 Å². The van der Waals surface area contributed by atoms with Gasteiger partial charge in [0.25, 0.3) is 0 Å². The molecule has 0 atom stereocenters. The fraction of sp³-hybridized carbons (Fsp3) is 0.682. The molecule has 2 aromatic heterocycles. The van der Waals surface area contributed by atoms with Gasteiger partial charge in [0.1, 0.15) is 11.6 Å². The number of ether oxygens (including phenoxy) is 1. The zero-order valence-corrected chi connectivity index (χ0v) is 19.6. The van der Waals surface area contributed by atoms with E-state index < -0.39 is 13.0 Å². The standard InChI is InChI=1S/C22H30F3N5O2S/c1-29-12-16(11-26-29)10-20(31)27-17-4-2-15(3-5-17)6-8-30-9-7-19-18(13-30)28-21(33-19)14-32-22(23,24)25/h11-12,15,17H,2-10,13-14H2,1H3,(H,27,31). The van der Waals surface area contributed by atoms with Gasteiger partial charge in [-0.15, -0.1) is 24.5 Å². The maximum absolute atomic E-state index is 12.3. The topological polar surface area (TPSA) is 72.3 Å². The molecular weight excluding hydrogens is 455 g/mol. The maximum Gasteiger partial charge on any atom is 0.522 e. The van der Waals surface area contributed by atoms with Crippen molar-refractivity contribution >= 4 is 17.2 Å². The number of carbonyl (C=O) groups is 1. The van der Waals surface area contributed by atoms with Crippen molar-refractivity contribution in [1.82, 2.24) is 25.0 Å². The molecule has 3 heterocycles. The Labute approximate surface area is 195 Å². The van der Waals surface area contributed by atoms with Crippen molar-refractivity contribution in [3.8, 4) is 0 Å². The number of rotatable bonds is 8. The van der Waals surface area contributed by atoms with Crippen LogP contribution in [0.1, 0.15) is 53.2 Å². The molecule has 182 valence electrons. The van der Waals surface area contributed by atoms with E-state index in [-0.39, 0.29) is 11.9 Å². The molecule has 11 heteroatoms. The van der Waals surface area contributed by atoms with E-state index >= 15 is 0 Å². The number of halogens is 3. The summed E-state index contributed by atoms with van der Waals surface area (Å²) in [7, 11) is 1.84. The molecule has 1 aliphatic heterocycles. The van der Waals surface area contributed by atoms with E-state index in [4.69, 9.17) is 0 Å². The average Bonchev–Trinajstić information content (AvgIpc) is 3.36. The van der Waals surface area contributed by atoms with E-state index in [1.54, 1.807) is 10.9 Å². The molecule has 0 bridgehead atoms. The molecule has 0 spiro atoms. The number of carbonyl (C=O) groups excluding carboxylic acids is 1. The summed E-state index contributed by atoms with van der Waals surface area (Å²) in [6.45, 7) is 2.06. The molecule has 1 N–H and O–H groups in total. The van der Waals surface area contributed by atoms with Crippen molar-refractivity contribution in [1.29, 1.82) is 0 Å². The van der Waals surface area contributed by atoms with Crippen molar-refractivity contribution in [2.24, 2.45) is 13.0 Å². The van der Waals surface area contributed by atoms with Crippen LogP contribution in [0.3, 0.4) is 0 Å². The Hall–Kier alpha value is -1.98. The van der Waals surface area contributed by atoms with Crippen molar-refractivity contribution in [2.45, 2.75) is 70.5 Å². The minimum Gasteiger partial charge on any atom is -0.353 e.